The quantitative estimate of drug-likeness (QED) is 0.888. The molecule has 4 nitrogen and oxygen atoms in total. The summed E-state index contributed by atoms with van der Waals surface area (Å²) in [4.78, 5) is 4.48. The molecule has 0 aliphatic rings. The third kappa shape index (κ3) is 2.35. The van der Waals surface area contributed by atoms with Gasteiger partial charge in [0.25, 0.3) is 0 Å². The van der Waals surface area contributed by atoms with E-state index in [1.807, 2.05) is 26.0 Å². The van der Waals surface area contributed by atoms with Crippen LogP contribution in [0.2, 0.25) is 0 Å². The maximum absolute atomic E-state index is 5.63. The molecule has 0 bridgehead atoms. The average Bonchev–Trinajstić information content (AvgIpc) is 2.77. The van der Waals surface area contributed by atoms with Crippen LogP contribution in [0.5, 0.6) is 11.5 Å². The minimum atomic E-state index is 0.441. The predicted molar refractivity (Wildman–Crippen MR) is 69.8 cm³/mol. The molecule has 1 aromatic carbocycles. The second kappa shape index (κ2) is 5.33. The van der Waals surface area contributed by atoms with E-state index in [2.05, 4.69) is 4.98 Å². The first-order valence-electron chi connectivity index (χ1n) is 5.68. The van der Waals surface area contributed by atoms with Crippen LogP contribution < -0.4 is 15.2 Å². The van der Waals surface area contributed by atoms with Crippen molar-refractivity contribution in [1.29, 1.82) is 0 Å². The first-order valence-corrected chi connectivity index (χ1v) is 6.49. The van der Waals surface area contributed by atoms with E-state index in [0.29, 0.717) is 19.8 Å². The van der Waals surface area contributed by atoms with Crippen LogP contribution in [0.1, 0.15) is 18.9 Å². The van der Waals surface area contributed by atoms with Crippen molar-refractivity contribution in [1.82, 2.24) is 4.98 Å². The van der Waals surface area contributed by atoms with E-state index in [0.717, 1.165) is 26.7 Å². The van der Waals surface area contributed by atoms with Crippen molar-refractivity contribution >= 4 is 21.6 Å². The zero-order valence-corrected chi connectivity index (χ0v) is 10.8. The summed E-state index contributed by atoms with van der Waals surface area (Å²) in [6, 6.07) is 3.83. The molecule has 92 valence electrons. The lowest BCUT2D eigenvalue weighted by atomic mass is 10.3. The molecular formula is C12H16N2O2S. The number of ether oxygens (including phenoxy) is 2. The highest BCUT2D eigenvalue weighted by molar-refractivity contribution is 7.19. The van der Waals surface area contributed by atoms with E-state index < -0.39 is 0 Å². The van der Waals surface area contributed by atoms with Gasteiger partial charge in [0.2, 0.25) is 0 Å². The molecule has 0 atom stereocenters. The number of nitrogens with zero attached hydrogens (tertiary/aromatic N) is 1. The summed E-state index contributed by atoms with van der Waals surface area (Å²) < 4.78 is 12.2. The maximum atomic E-state index is 5.63. The van der Waals surface area contributed by atoms with E-state index >= 15 is 0 Å². The largest absolute Gasteiger partial charge is 0.492 e. The Kier molecular flexibility index (Phi) is 3.81. The van der Waals surface area contributed by atoms with E-state index in [4.69, 9.17) is 15.2 Å². The van der Waals surface area contributed by atoms with Gasteiger partial charge in [-0.05, 0) is 26.0 Å². The standard InChI is InChI=1S/C12H16N2O2S/c1-3-15-8-5-6-9(16-4-2)12-11(8)14-10(7-13)17-12/h5-6H,3-4,7,13H2,1-2H3. The van der Waals surface area contributed by atoms with Gasteiger partial charge in [0.15, 0.2) is 0 Å². The van der Waals surface area contributed by atoms with Gasteiger partial charge in [-0.3, -0.25) is 0 Å². The van der Waals surface area contributed by atoms with Crippen LogP contribution in [0.25, 0.3) is 10.2 Å². The average molecular weight is 252 g/mol. The second-order valence-corrected chi connectivity index (χ2v) is 4.50. The number of fused-ring (bicyclic) bond motifs is 1. The third-order valence-corrected chi connectivity index (χ3v) is 3.38. The first-order chi connectivity index (χ1) is 8.30. The fraction of sp³-hybridized carbons (Fsp3) is 0.417. The minimum Gasteiger partial charge on any atom is -0.492 e. The van der Waals surface area contributed by atoms with Crippen LogP contribution in [0, 0.1) is 0 Å². The SMILES string of the molecule is CCOc1ccc(OCC)c2sc(CN)nc12. The van der Waals surface area contributed by atoms with Gasteiger partial charge in [0, 0.05) is 6.54 Å². The number of nitrogens with two attached hydrogens (primary N) is 1. The lowest BCUT2D eigenvalue weighted by Gasteiger charge is -2.07. The summed E-state index contributed by atoms with van der Waals surface area (Å²) in [6.45, 7) is 5.62. The highest BCUT2D eigenvalue weighted by Gasteiger charge is 2.13. The van der Waals surface area contributed by atoms with Gasteiger partial charge in [-0.1, -0.05) is 0 Å². The van der Waals surface area contributed by atoms with Crippen molar-refractivity contribution in [3.05, 3.63) is 17.1 Å². The van der Waals surface area contributed by atoms with E-state index in [-0.39, 0.29) is 0 Å². The Balaban J connectivity index is 2.56. The lowest BCUT2D eigenvalue weighted by molar-refractivity contribution is 0.336. The number of hydrogen-bond donors (Lipinski definition) is 1. The van der Waals surface area contributed by atoms with Crippen molar-refractivity contribution in [2.45, 2.75) is 20.4 Å². The lowest BCUT2D eigenvalue weighted by Crippen LogP contribution is -1.96. The Bertz CT molecular complexity index is 467. The third-order valence-electron chi connectivity index (χ3n) is 2.29. The van der Waals surface area contributed by atoms with E-state index in [9.17, 15) is 0 Å². The maximum Gasteiger partial charge on any atom is 0.146 e. The smallest absolute Gasteiger partial charge is 0.146 e. The van der Waals surface area contributed by atoms with Gasteiger partial charge in [0.1, 0.15) is 26.7 Å². The zero-order chi connectivity index (χ0) is 12.3. The van der Waals surface area contributed by atoms with E-state index in [1.54, 1.807) is 11.3 Å². The Morgan fingerprint density at radius 3 is 2.47 bits per heavy atom. The van der Waals surface area contributed by atoms with Crippen LogP contribution in [0.3, 0.4) is 0 Å². The molecule has 0 amide bonds. The summed E-state index contributed by atoms with van der Waals surface area (Å²) in [6.07, 6.45) is 0. The van der Waals surface area contributed by atoms with Crippen LogP contribution in [0.15, 0.2) is 12.1 Å². The number of benzene rings is 1. The fourth-order valence-electron chi connectivity index (χ4n) is 1.63. The molecular weight excluding hydrogens is 236 g/mol. The Morgan fingerprint density at radius 2 is 1.82 bits per heavy atom. The molecule has 17 heavy (non-hydrogen) atoms. The summed E-state index contributed by atoms with van der Waals surface area (Å²) in [5.41, 5.74) is 6.48. The number of thiazole rings is 1. The highest BCUT2D eigenvalue weighted by Crippen LogP contribution is 2.37. The molecule has 2 aromatic rings. The Morgan fingerprint density at radius 1 is 1.18 bits per heavy atom. The summed E-state index contributed by atoms with van der Waals surface area (Å²) in [5, 5.41) is 0.896. The van der Waals surface area contributed by atoms with Gasteiger partial charge < -0.3 is 15.2 Å². The predicted octanol–water partition coefficient (Wildman–Crippen LogP) is 2.55. The van der Waals surface area contributed by atoms with Crippen molar-refractivity contribution in [3.8, 4) is 11.5 Å². The van der Waals surface area contributed by atoms with Gasteiger partial charge in [-0.2, -0.15) is 0 Å². The zero-order valence-electron chi connectivity index (χ0n) is 10.0. The first kappa shape index (κ1) is 12.1. The molecule has 0 aliphatic heterocycles. The topological polar surface area (TPSA) is 57.4 Å². The van der Waals surface area contributed by atoms with Gasteiger partial charge in [-0.25, -0.2) is 4.98 Å². The van der Waals surface area contributed by atoms with Gasteiger partial charge >= 0.3 is 0 Å². The van der Waals surface area contributed by atoms with Crippen LogP contribution >= 0.6 is 11.3 Å². The van der Waals surface area contributed by atoms with Gasteiger partial charge in [0.05, 0.1) is 13.2 Å². The highest BCUT2D eigenvalue weighted by atomic mass is 32.1. The molecule has 0 radical (unpaired) electrons. The van der Waals surface area contributed by atoms with Crippen molar-refractivity contribution in [3.63, 3.8) is 0 Å². The fourth-order valence-corrected chi connectivity index (χ4v) is 2.56. The van der Waals surface area contributed by atoms with Crippen LogP contribution in [0.4, 0.5) is 0 Å². The van der Waals surface area contributed by atoms with Crippen LogP contribution in [-0.2, 0) is 6.54 Å². The van der Waals surface area contributed by atoms with Crippen LogP contribution in [-0.4, -0.2) is 18.2 Å². The van der Waals surface area contributed by atoms with Crippen molar-refractivity contribution in [2.75, 3.05) is 13.2 Å². The number of hydrogen-bond acceptors (Lipinski definition) is 5. The summed E-state index contributed by atoms with van der Waals surface area (Å²) in [7, 11) is 0. The molecule has 0 spiro atoms. The molecule has 0 saturated heterocycles. The van der Waals surface area contributed by atoms with Gasteiger partial charge in [-0.15, -0.1) is 11.3 Å². The molecule has 2 N–H and O–H groups in total. The Hall–Kier alpha value is -1.33. The molecule has 1 aromatic heterocycles. The number of aromatic nitrogens is 1. The monoisotopic (exact) mass is 252 g/mol. The van der Waals surface area contributed by atoms with E-state index in [1.165, 1.54) is 0 Å². The molecule has 0 unspecified atom stereocenters. The molecule has 5 heteroatoms. The Labute approximate surface area is 104 Å². The number of rotatable bonds is 5. The summed E-state index contributed by atoms with van der Waals surface area (Å²) in [5.74, 6) is 1.64. The second-order valence-electron chi connectivity index (χ2n) is 3.42. The molecule has 0 aliphatic carbocycles. The van der Waals surface area contributed by atoms with Crippen molar-refractivity contribution in [2.24, 2.45) is 5.73 Å². The minimum absolute atomic E-state index is 0.441. The normalized spacial score (nSPS) is 10.8. The summed E-state index contributed by atoms with van der Waals surface area (Å²) >= 11 is 1.56. The molecule has 1 heterocycles. The van der Waals surface area contributed by atoms with Crippen molar-refractivity contribution < 1.29 is 9.47 Å². The molecule has 0 fully saturated rings. The molecule has 0 saturated carbocycles. The molecule has 2 rings (SSSR count).